The highest BCUT2D eigenvalue weighted by atomic mass is 16.5. The summed E-state index contributed by atoms with van der Waals surface area (Å²) in [7, 11) is 0. The second-order valence-electron chi connectivity index (χ2n) is 3.25. The second-order valence-corrected chi connectivity index (χ2v) is 3.25. The highest BCUT2D eigenvalue weighted by Crippen LogP contribution is 2.19. The summed E-state index contributed by atoms with van der Waals surface area (Å²) in [6, 6.07) is 0. The summed E-state index contributed by atoms with van der Waals surface area (Å²) in [6.07, 6.45) is 8.78. The third kappa shape index (κ3) is 2.96. The Morgan fingerprint density at radius 3 is 2.91 bits per heavy atom. The van der Waals surface area contributed by atoms with Crippen LogP contribution in [-0.4, -0.2) is 6.10 Å². The molecular weight excluding hydrogens is 136 g/mol. The van der Waals surface area contributed by atoms with E-state index in [1.165, 1.54) is 25.0 Å². The average molecular weight is 154 g/mol. The Kier molecular flexibility index (Phi) is 3.47. The Labute approximate surface area is 69.4 Å². The Morgan fingerprint density at radius 2 is 2.36 bits per heavy atom. The molecule has 0 N–H and O–H groups in total. The smallest absolute Gasteiger partial charge is 0.0951 e. The molecule has 64 valence electrons. The van der Waals surface area contributed by atoms with Crippen LogP contribution in [0.1, 0.15) is 46.0 Å². The summed E-state index contributed by atoms with van der Waals surface area (Å²) < 4.78 is 5.70. The maximum Gasteiger partial charge on any atom is 0.0951 e. The monoisotopic (exact) mass is 154 g/mol. The molecule has 1 aliphatic rings. The van der Waals surface area contributed by atoms with Crippen LogP contribution in [0.3, 0.4) is 0 Å². The summed E-state index contributed by atoms with van der Waals surface area (Å²) >= 11 is 0. The summed E-state index contributed by atoms with van der Waals surface area (Å²) in [5.41, 5.74) is 0. The number of rotatable bonds is 3. The van der Waals surface area contributed by atoms with Gasteiger partial charge in [0.15, 0.2) is 0 Å². The number of ether oxygens (including phenoxy) is 1. The largest absolute Gasteiger partial charge is 0.495 e. The van der Waals surface area contributed by atoms with Crippen LogP contribution < -0.4 is 0 Å². The van der Waals surface area contributed by atoms with E-state index in [0.29, 0.717) is 6.10 Å². The molecule has 0 radical (unpaired) electrons. The summed E-state index contributed by atoms with van der Waals surface area (Å²) in [6.45, 7) is 4.30. The summed E-state index contributed by atoms with van der Waals surface area (Å²) in [4.78, 5) is 0. The van der Waals surface area contributed by atoms with E-state index in [0.717, 1.165) is 12.8 Å². The topological polar surface area (TPSA) is 9.23 Å². The standard InChI is InChI=1S/C10H18O/c1-3-9(2)11-10-7-5-4-6-8-10/h7,9H,3-6,8H2,1-2H3. The van der Waals surface area contributed by atoms with Crippen LogP contribution in [0.2, 0.25) is 0 Å². The minimum atomic E-state index is 0.402. The van der Waals surface area contributed by atoms with Crippen LogP contribution in [-0.2, 0) is 4.74 Å². The molecule has 0 aromatic carbocycles. The molecule has 0 aromatic rings. The van der Waals surface area contributed by atoms with E-state index in [-0.39, 0.29) is 0 Å². The van der Waals surface area contributed by atoms with Crippen molar-refractivity contribution in [1.29, 1.82) is 0 Å². The van der Waals surface area contributed by atoms with Gasteiger partial charge in [-0.15, -0.1) is 0 Å². The molecule has 0 aliphatic heterocycles. The van der Waals surface area contributed by atoms with Crippen LogP contribution in [0.25, 0.3) is 0 Å². The van der Waals surface area contributed by atoms with Crippen molar-refractivity contribution in [1.82, 2.24) is 0 Å². The van der Waals surface area contributed by atoms with Crippen molar-refractivity contribution in [2.24, 2.45) is 0 Å². The number of hydrogen-bond acceptors (Lipinski definition) is 1. The normalized spacial score (nSPS) is 20.7. The summed E-state index contributed by atoms with van der Waals surface area (Å²) in [5, 5.41) is 0. The SMILES string of the molecule is CCC(C)OC1=CCCCC1. The molecule has 1 heteroatoms. The van der Waals surface area contributed by atoms with Crippen molar-refractivity contribution >= 4 is 0 Å². The van der Waals surface area contributed by atoms with E-state index in [4.69, 9.17) is 4.74 Å². The summed E-state index contributed by atoms with van der Waals surface area (Å²) in [5.74, 6) is 1.23. The first kappa shape index (κ1) is 8.63. The van der Waals surface area contributed by atoms with Gasteiger partial charge in [-0.1, -0.05) is 6.92 Å². The third-order valence-electron chi connectivity index (χ3n) is 2.18. The molecule has 0 fully saturated rings. The fourth-order valence-electron chi connectivity index (χ4n) is 1.26. The molecule has 0 saturated carbocycles. The molecule has 0 saturated heterocycles. The highest BCUT2D eigenvalue weighted by Gasteiger charge is 2.06. The fourth-order valence-corrected chi connectivity index (χ4v) is 1.26. The van der Waals surface area contributed by atoms with Gasteiger partial charge in [0.1, 0.15) is 0 Å². The van der Waals surface area contributed by atoms with Gasteiger partial charge in [-0.25, -0.2) is 0 Å². The van der Waals surface area contributed by atoms with Crippen LogP contribution >= 0.6 is 0 Å². The lowest BCUT2D eigenvalue weighted by molar-refractivity contribution is 0.117. The molecule has 0 aromatic heterocycles. The van der Waals surface area contributed by atoms with Crippen LogP contribution in [0.5, 0.6) is 0 Å². The lowest BCUT2D eigenvalue weighted by atomic mass is 10.1. The van der Waals surface area contributed by atoms with Gasteiger partial charge in [-0.05, 0) is 38.7 Å². The van der Waals surface area contributed by atoms with Crippen molar-refractivity contribution in [2.75, 3.05) is 0 Å². The Hall–Kier alpha value is -0.460. The first-order valence-corrected chi connectivity index (χ1v) is 4.68. The van der Waals surface area contributed by atoms with Crippen molar-refractivity contribution in [3.05, 3.63) is 11.8 Å². The van der Waals surface area contributed by atoms with E-state index < -0.39 is 0 Å². The molecule has 11 heavy (non-hydrogen) atoms. The van der Waals surface area contributed by atoms with E-state index >= 15 is 0 Å². The Balaban J connectivity index is 2.29. The van der Waals surface area contributed by atoms with Crippen LogP contribution in [0.15, 0.2) is 11.8 Å². The van der Waals surface area contributed by atoms with Gasteiger partial charge in [0.25, 0.3) is 0 Å². The molecule has 1 aliphatic carbocycles. The first-order chi connectivity index (χ1) is 5.33. The second kappa shape index (κ2) is 4.42. The zero-order chi connectivity index (χ0) is 8.10. The molecular formula is C10H18O. The average Bonchev–Trinajstić information content (AvgIpc) is 2.06. The van der Waals surface area contributed by atoms with Gasteiger partial charge in [0, 0.05) is 6.42 Å². The highest BCUT2D eigenvalue weighted by molar-refractivity contribution is 4.97. The molecule has 1 unspecified atom stereocenters. The minimum Gasteiger partial charge on any atom is -0.495 e. The molecule has 0 bridgehead atoms. The zero-order valence-electron chi connectivity index (χ0n) is 7.60. The van der Waals surface area contributed by atoms with E-state index in [1.54, 1.807) is 0 Å². The van der Waals surface area contributed by atoms with E-state index in [2.05, 4.69) is 19.9 Å². The quantitative estimate of drug-likeness (QED) is 0.606. The van der Waals surface area contributed by atoms with E-state index in [9.17, 15) is 0 Å². The van der Waals surface area contributed by atoms with Gasteiger partial charge in [0.05, 0.1) is 11.9 Å². The Morgan fingerprint density at radius 1 is 1.55 bits per heavy atom. The maximum atomic E-state index is 5.70. The van der Waals surface area contributed by atoms with Gasteiger partial charge in [0.2, 0.25) is 0 Å². The van der Waals surface area contributed by atoms with Crippen LogP contribution in [0, 0.1) is 0 Å². The van der Waals surface area contributed by atoms with Crippen molar-refractivity contribution < 1.29 is 4.74 Å². The predicted molar refractivity (Wildman–Crippen MR) is 47.4 cm³/mol. The predicted octanol–water partition coefficient (Wildman–Crippen LogP) is 3.26. The zero-order valence-corrected chi connectivity index (χ0v) is 7.60. The van der Waals surface area contributed by atoms with Gasteiger partial charge in [-0.3, -0.25) is 0 Å². The first-order valence-electron chi connectivity index (χ1n) is 4.68. The molecule has 0 spiro atoms. The lowest BCUT2D eigenvalue weighted by Crippen LogP contribution is -2.07. The van der Waals surface area contributed by atoms with Crippen molar-refractivity contribution in [3.8, 4) is 0 Å². The van der Waals surface area contributed by atoms with E-state index in [1.807, 2.05) is 0 Å². The molecule has 0 amide bonds. The number of hydrogen-bond donors (Lipinski definition) is 0. The van der Waals surface area contributed by atoms with Crippen molar-refractivity contribution in [2.45, 2.75) is 52.1 Å². The van der Waals surface area contributed by atoms with Crippen molar-refractivity contribution in [3.63, 3.8) is 0 Å². The molecule has 1 atom stereocenters. The minimum absolute atomic E-state index is 0.402. The molecule has 1 rings (SSSR count). The Bertz CT molecular complexity index is 138. The lowest BCUT2D eigenvalue weighted by Gasteiger charge is -2.18. The molecule has 1 nitrogen and oxygen atoms in total. The van der Waals surface area contributed by atoms with Gasteiger partial charge >= 0.3 is 0 Å². The van der Waals surface area contributed by atoms with Crippen LogP contribution in [0.4, 0.5) is 0 Å². The maximum absolute atomic E-state index is 5.70. The third-order valence-corrected chi connectivity index (χ3v) is 2.18. The number of allylic oxidation sites excluding steroid dienone is 2. The fraction of sp³-hybridized carbons (Fsp3) is 0.800. The van der Waals surface area contributed by atoms with Gasteiger partial charge < -0.3 is 4.74 Å². The molecule has 0 heterocycles. The van der Waals surface area contributed by atoms with Gasteiger partial charge in [-0.2, -0.15) is 0 Å².